The van der Waals surface area contributed by atoms with E-state index in [0.29, 0.717) is 28.7 Å². The molecule has 0 aliphatic rings. The van der Waals surface area contributed by atoms with Gasteiger partial charge in [0.2, 0.25) is 5.88 Å². The highest BCUT2D eigenvalue weighted by Crippen LogP contribution is 2.32. The summed E-state index contributed by atoms with van der Waals surface area (Å²) in [5.74, 6) is -2.61. The van der Waals surface area contributed by atoms with Gasteiger partial charge >= 0.3 is 5.97 Å². The van der Waals surface area contributed by atoms with Crippen molar-refractivity contribution in [1.82, 2.24) is 10.3 Å². The molecule has 1 aromatic heterocycles. The van der Waals surface area contributed by atoms with Gasteiger partial charge < -0.3 is 10.1 Å². The second-order valence-corrected chi connectivity index (χ2v) is 6.85. The van der Waals surface area contributed by atoms with E-state index in [1.165, 1.54) is 43.3 Å². The average molecular weight is 428 g/mol. The molecule has 0 saturated carbocycles. The first-order valence-electron chi connectivity index (χ1n) is 9.37. The summed E-state index contributed by atoms with van der Waals surface area (Å²) in [6.07, 6.45) is 0.570. The zero-order valence-corrected chi connectivity index (χ0v) is 16.8. The first-order valence-corrected chi connectivity index (χ1v) is 9.37. The maximum Gasteiger partial charge on any atom is 0.309 e. The fourth-order valence-corrected chi connectivity index (χ4v) is 3.27. The van der Waals surface area contributed by atoms with E-state index in [0.717, 1.165) is 6.07 Å². The van der Waals surface area contributed by atoms with Crippen LogP contribution in [0.15, 0.2) is 48.5 Å². The van der Waals surface area contributed by atoms with Crippen LogP contribution in [-0.2, 0) is 11.2 Å². The van der Waals surface area contributed by atoms with Gasteiger partial charge in [-0.05, 0) is 54.9 Å². The fraction of sp³-hybridized carbons (Fsp3) is 0.174. The third-order valence-corrected chi connectivity index (χ3v) is 4.62. The molecule has 0 spiro atoms. The molecule has 0 aliphatic heterocycles. The Labute approximate surface area is 176 Å². The van der Waals surface area contributed by atoms with Crippen LogP contribution in [0.25, 0.3) is 11.1 Å². The van der Waals surface area contributed by atoms with Gasteiger partial charge in [-0.15, -0.1) is 0 Å². The van der Waals surface area contributed by atoms with Gasteiger partial charge in [-0.3, -0.25) is 9.59 Å². The van der Waals surface area contributed by atoms with E-state index in [1.807, 2.05) is 0 Å². The Morgan fingerprint density at radius 3 is 2.42 bits per heavy atom. The van der Waals surface area contributed by atoms with Crippen molar-refractivity contribution in [3.05, 3.63) is 82.8 Å². The molecule has 0 amide bonds. The Morgan fingerprint density at radius 2 is 1.81 bits per heavy atom. The number of benzene rings is 2. The molecule has 31 heavy (non-hydrogen) atoms. The van der Waals surface area contributed by atoms with Gasteiger partial charge in [-0.2, -0.15) is 0 Å². The number of likely N-dealkylation sites (N-methyl/N-ethyl adjacent to an activating group) is 1. The summed E-state index contributed by atoms with van der Waals surface area (Å²) in [7, 11) is 1.64. The molecule has 0 fully saturated rings. The van der Waals surface area contributed by atoms with E-state index in [1.54, 1.807) is 13.1 Å². The number of esters is 1. The lowest BCUT2D eigenvalue weighted by atomic mass is 9.94. The minimum Gasteiger partial charge on any atom is -0.408 e. The van der Waals surface area contributed by atoms with Crippen LogP contribution in [0.3, 0.4) is 0 Å². The number of pyridine rings is 1. The SMILES string of the molecule is CNC(Cc1cc(F)cc(F)c1)c1nc(OC(C)=O)ccc1-c1ccc(F)c(C=O)c1. The van der Waals surface area contributed by atoms with E-state index in [4.69, 9.17) is 4.74 Å². The van der Waals surface area contributed by atoms with Crippen LogP contribution in [0.2, 0.25) is 0 Å². The van der Waals surface area contributed by atoms with Crippen molar-refractivity contribution in [2.24, 2.45) is 0 Å². The van der Waals surface area contributed by atoms with Gasteiger partial charge in [0, 0.05) is 24.6 Å². The molecule has 0 bridgehead atoms. The highest BCUT2D eigenvalue weighted by Gasteiger charge is 2.20. The molecule has 0 saturated heterocycles. The fourth-order valence-electron chi connectivity index (χ4n) is 3.27. The molecule has 1 N–H and O–H groups in total. The number of ether oxygens (including phenoxy) is 1. The van der Waals surface area contributed by atoms with Crippen molar-refractivity contribution in [3.8, 4) is 17.0 Å². The summed E-state index contributed by atoms with van der Waals surface area (Å²) in [5.41, 5.74) is 1.70. The third-order valence-electron chi connectivity index (χ3n) is 4.62. The topological polar surface area (TPSA) is 68.3 Å². The molecule has 3 rings (SSSR count). The number of hydrogen-bond donors (Lipinski definition) is 1. The summed E-state index contributed by atoms with van der Waals surface area (Å²) in [4.78, 5) is 26.9. The van der Waals surface area contributed by atoms with Crippen molar-refractivity contribution in [3.63, 3.8) is 0 Å². The summed E-state index contributed by atoms with van der Waals surface area (Å²) < 4.78 is 46.2. The Balaban J connectivity index is 2.11. The highest BCUT2D eigenvalue weighted by atomic mass is 19.1. The summed E-state index contributed by atoms with van der Waals surface area (Å²) >= 11 is 0. The van der Waals surface area contributed by atoms with Gasteiger partial charge in [0.15, 0.2) is 6.29 Å². The molecule has 5 nitrogen and oxygen atoms in total. The Morgan fingerprint density at radius 1 is 1.10 bits per heavy atom. The molecule has 1 heterocycles. The molecule has 1 atom stereocenters. The lowest BCUT2D eigenvalue weighted by Crippen LogP contribution is -2.21. The van der Waals surface area contributed by atoms with Crippen LogP contribution >= 0.6 is 0 Å². The number of nitrogens with one attached hydrogen (secondary N) is 1. The zero-order chi connectivity index (χ0) is 22.5. The van der Waals surface area contributed by atoms with Crippen LogP contribution in [0, 0.1) is 17.5 Å². The largest absolute Gasteiger partial charge is 0.408 e. The smallest absolute Gasteiger partial charge is 0.309 e. The zero-order valence-electron chi connectivity index (χ0n) is 16.8. The molecule has 2 aromatic carbocycles. The van der Waals surface area contributed by atoms with Crippen LogP contribution in [0.1, 0.15) is 34.6 Å². The van der Waals surface area contributed by atoms with Crippen LogP contribution in [-0.4, -0.2) is 24.3 Å². The van der Waals surface area contributed by atoms with Crippen LogP contribution in [0.5, 0.6) is 5.88 Å². The third kappa shape index (κ3) is 5.35. The normalized spacial score (nSPS) is 11.8. The molecule has 1 unspecified atom stereocenters. The van der Waals surface area contributed by atoms with Gasteiger partial charge in [0.1, 0.15) is 17.5 Å². The van der Waals surface area contributed by atoms with Crippen LogP contribution < -0.4 is 10.1 Å². The van der Waals surface area contributed by atoms with Crippen molar-refractivity contribution in [1.29, 1.82) is 0 Å². The molecular formula is C23H19F3N2O3. The second kappa shape index (κ2) is 9.53. The summed E-state index contributed by atoms with van der Waals surface area (Å²) in [6, 6.07) is 9.79. The van der Waals surface area contributed by atoms with E-state index in [2.05, 4.69) is 10.3 Å². The maximum atomic E-state index is 13.8. The lowest BCUT2D eigenvalue weighted by Gasteiger charge is -2.20. The molecular weight excluding hydrogens is 409 g/mol. The number of rotatable bonds is 7. The number of nitrogens with zero attached hydrogens (tertiary/aromatic N) is 1. The van der Waals surface area contributed by atoms with E-state index >= 15 is 0 Å². The average Bonchev–Trinajstić information content (AvgIpc) is 2.71. The molecule has 0 aliphatic carbocycles. The molecule has 160 valence electrons. The van der Waals surface area contributed by atoms with E-state index in [9.17, 15) is 22.8 Å². The van der Waals surface area contributed by atoms with Gasteiger partial charge in [-0.25, -0.2) is 18.2 Å². The number of aromatic nitrogens is 1. The van der Waals surface area contributed by atoms with Crippen LogP contribution in [0.4, 0.5) is 13.2 Å². The van der Waals surface area contributed by atoms with Crippen molar-refractivity contribution in [2.75, 3.05) is 7.05 Å². The summed E-state index contributed by atoms with van der Waals surface area (Å²) in [6.45, 7) is 1.23. The maximum absolute atomic E-state index is 13.8. The Hall–Kier alpha value is -3.52. The molecule has 0 radical (unpaired) electrons. The lowest BCUT2D eigenvalue weighted by molar-refractivity contribution is -0.132. The minimum atomic E-state index is -0.708. The monoisotopic (exact) mass is 428 g/mol. The van der Waals surface area contributed by atoms with Gasteiger partial charge in [0.25, 0.3) is 0 Å². The number of hydrogen-bond acceptors (Lipinski definition) is 5. The Kier molecular flexibility index (Phi) is 6.81. The minimum absolute atomic E-state index is 0.0367. The second-order valence-electron chi connectivity index (χ2n) is 6.85. The molecule has 3 aromatic rings. The number of halogens is 3. The van der Waals surface area contributed by atoms with Gasteiger partial charge in [0.05, 0.1) is 17.3 Å². The number of carbonyl (C=O) groups is 2. The Bertz CT molecular complexity index is 1110. The number of aldehydes is 1. The predicted molar refractivity (Wildman–Crippen MR) is 108 cm³/mol. The summed E-state index contributed by atoms with van der Waals surface area (Å²) in [5, 5.41) is 3.04. The predicted octanol–water partition coefficient (Wildman–Crippen LogP) is 4.41. The van der Waals surface area contributed by atoms with E-state index < -0.39 is 29.5 Å². The van der Waals surface area contributed by atoms with Crippen molar-refractivity contribution < 1.29 is 27.5 Å². The quantitative estimate of drug-likeness (QED) is 0.446. The highest BCUT2D eigenvalue weighted by molar-refractivity contribution is 5.80. The van der Waals surface area contributed by atoms with Crippen molar-refractivity contribution >= 4 is 12.3 Å². The molecule has 8 heteroatoms. The van der Waals surface area contributed by atoms with Crippen molar-refractivity contribution in [2.45, 2.75) is 19.4 Å². The first kappa shape index (κ1) is 22.2. The standard InChI is InChI=1S/C23H19F3N2O3/c1-13(30)31-22-6-4-19(15-3-5-20(26)16(10-15)12-29)23(28-22)21(27-2)9-14-7-17(24)11-18(25)8-14/h3-8,10-12,21,27H,9H2,1-2H3. The first-order chi connectivity index (χ1) is 14.8. The number of carbonyl (C=O) groups excluding carboxylic acids is 2. The van der Waals surface area contributed by atoms with Gasteiger partial charge in [-0.1, -0.05) is 6.07 Å². The van der Waals surface area contributed by atoms with E-state index in [-0.39, 0.29) is 17.9 Å².